The first kappa shape index (κ1) is 15.1. The maximum atomic E-state index is 5.89. The molecule has 0 saturated carbocycles. The van der Waals surface area contributed by atoms with Crippen molar-refractivity contribution in [2.75, 3.05) is 13.2 Å². The Kier molecular flexibility index (Phi) is 9.45. The molecule has 0 rings (SSSR count). The summed E-state index contributed by atoms with van der Waals surface area (Å²) in [5, 5.41) is 0. The minimum Gasteiger partial charge on any atom is -0.354 e. The largest absolute Gasteiger partial charge is 0.354 e. The van der Waals surface area contributed by atoms with Crippen LogP contribution in [0, 0.1) is 6.92 Å². The predicted octanol–water partition coefficient (Wildman–Crippen LogP) is 2.71. The minimum absolute atomic E-state index is 0.287. The molecule has 0 fully saturated rings. The lowest BCUT2D eigenvalue weighted by atomic mass is 10.3. The van der Waals surface area contributed by atoms with Crippen LogP contribution in [0.15, 0.2) is 0 Å². The molecule has 0 amide bonds. The van der Waals surface area contributed by atoms with Crippen molar-refractivity contribution in [3.8, 4) is 0 Å². The van der Waals surface area contributed by atoms with Crippen molar-refractivity contribution in [3.05, 3.63) is 6.92 Å². The third-order valence-corrected chi connectivity index (χ3v) is 4.48. The molecule has 2 nitrogen and oxygen atoms in total. The first-order valence-electron chi connectivity index (χ1n) is 6.31. The topological polar surface area (TPSA) is 18.5 Å². The van der Waals surface area contributed by atoms with Gasteiger partial charge in [-0.2, -0.15) is 0 Å². The summed E-state index contributed by atoms with van der Waals surface area (Å²) in [5.41, 5.74) is -0.287. The van der Waals surface area contributed by atoms with Crippen LogP contribution in [0.3, 0.4) is 0 Å². The standard InChI is InChI=1S/C12H27O2Si/c1-5-8-10-13-12(7-3,15-4)14-11-9-6-2/h3,5-11,15H2,1-2,4H3. The van der Waals surface area contributed by atoms with E-state index in [1.807, 2.05) is 0 Å². The van der Waals surface area contributed by atoms with Crippen LogP contribution in [-0.2, 0) is 9.47 Å². The van der Waals surface area contributed by atoms with E-state index in [-0.39, 0.29) is 14.9 Å². The lowest BCUT2D eigenvalue weighted by molar-refractivity contribution is -0.180. The number of ether oxygens (including phenoxy) is 2. The monoisotopic (exact) mass is 231 g/mol. The highest BCUT2D eigenvalue weighted by molar-refractivity contribution is 6.37. The molecule has 0 saturated heterocycles. The van der Waals surface area contributed by atoms with Gasteiger partial charge in [-0.1, -0.05) is 33.2 Å². The van der Waals surface area contributed by atoms with Gasteiger partial charge < -0.3 is 9.47 Å². The van der Waals surface area contributed by atoms with Gasteiger partial charge in [0.25, 0.3) is 0 Å². The second-order valence-electron chi connectivity index (χ2n) is 3.92. The molecular weight excluding hydrogens is 204 g/mol. The van der Waals surface area contributed by atoms with Crippen LogP contribution >= 0.6 is 0 Å². The van der Waals surface area contributed by atoms with Gasteiger partial charge in [-0.25, -0.2) is 0 Å². The van der Waals surface area contributed by atoms with E-state index in [2.05, 4.69) is 27.3 Å². The normalized spacial score (nSPS) is 12.8. The molecule has 91 valence electrons. The molecule has 3 heteroatoms. The molecule has 0 aliphatic carbocycles. The van der Waals surface area contributed by atoms with E-state index < -0.39 is 0 Å². The third-order valence-electron chi connectivity index (χ3n) is 2.65. The quantitative estimate of drug-likeness (QED) is 0.327. The number of unbranched alkanes of at least 4 members (excludes halogenated alkanes) is 2. The van der Waals surface area contributed by atoms with Gasteiger partial charge in [0.2, 0.25) is 0 Å². The molecule has 0 aromatic carbocycles. The van der Waals surface area contributed by atoms with Crippen molar-refractivity contribution in [1.82, 2.24) is 0 Å². The highest BCUT2D eigenvalue weighted by atomic mass is 28.2. The van der Waals surface area contributed by atoms with Crippen molar-refractivity contribution >= 4 is 9.52 Å². The fourth-order valence-electron chi connectivity index (χ4n) is 1.37. The smallest absolute Gasteiger partial charge is 0.144 e. The molecule has 0 aromatic rings. The van der Waals surface area contributed by atoms with Gasteiger partial charge in [-0.05, 0) is 26.2 Å². The molecule has 0 aliphatic rings. The summed E-state index contributed by atoms with van der Waals surface area (Å²) in [6.45, 7) is 12.2. The third kappa shape index (κ3) is 6.33. The summed E-state index contributed by atoms with van der Waals surface area (Å²) in [5.74, 6) is 0. The zero-order valence-corrected chi connectivity index (χ0v) is 12.1. The van der Waals surface area contributed by atoms with Gasteiger partial charge in [-0.15, -0.1) is 0 Å². The van der Waals surface area contributed by atoms with E-state index in [1.165, 1.54) is 12.8 Å². The number of hydrogen-bond donors (Lipinski definition) is 0. The first-order valence-corrected chi connectivity index (χ1v) is 8.44. The molecular formula is C12H27O2Si. The van der Waals surface area contributed by atoms with Gasteiger partial charge in [0.1, 0.15) is 5.41 Å². The van der Waals surface area contributed by atoms with Gasteiger partial charge in [0.15, 0.2) is 0 Å². The van der Waals surface area contributed by atoms with E-state index in [9.17, 15) is 0 Å². The van der Waals surface area contributed by atoms with Crippen molar-refractivity contribution < 1.29 is 9.47 Å². The second kappa shape index (κ2) is 9.37. The summed E-state index contributed by atoms with van der Waals surface area (Å²) >= 11 is 0. The van der Waals surface area contributed by atoms with Crippen molar-refractivity contribution in [1.29, 1.82) is 0 Å². The van der Waals surface area contributed by atoms with Crippen LogP contribution in [0.25, 0.3) is 0 Å². The highest BCUT2D eigenvalue weighted by Crippen LogP contribution is 2.17. The summed E-state index contributed by atoms with van der Waals surface area (Å²) < 4.78 is 11.8. The Morgan fingerprint density at radius 2 is 1.53 bits per heavy atom. The Labute approximate surface area is 97.6 Å². The summed E-state index contributed by atoms with van der Waals surface area (Å²) in [6, 6.07) is 0. The van der Waals surface area contributed by atoms with Crippen LogP contribution in [-0.4, -0.2) is 28.1 Å². The van der Waals surface area contributed by atoms with E-state index >= 15 is 0 Å². The molecule has 15 heavy (non-hydrogen) atoms. The van der Waals surface area contributed by atoms with Crippen molar-refractivity contribution in [2.45, 2.75) is 57.9 Å². The summed E-state index contributed by atoms with van der Waals surface area (Å²) in [7, 11) is -0.342. The molecule has 1 radical (unpaired) electrons. The molecule has 0 aromatic heterocycles. The zero-order valence-electron chi connectivity index (χ0n) is 10.7. The molecule has 0 heterocycles. The van der Waals surface area contributed by atoms with Gasteiger partial charge in [-0.3, -0.25) is 0 Å². The van der Waals surface area contributed by atoms with E-state index in [0.717, 1.165) is 32.5 Å². The van der Waals surface area contributed by atoms with Crippen LogP contribution in [0.2, 0.25) is 6.55 Å². The lowest BCUT2D eigenvalue weighted by Crippen LogP contribution is -2.41. The van der Waals surface area contributed by atoms with E-state index in [4.69, 9.17) is 9.47 Å². The van der Waals surface area contributed by atoms with Crippen LogP contribution in [0.5, 0.6) is 0 Å². The lowest BCUT2D eigenvalue weighted by Gasteiger charge is -2.32. The second-order valence-corrected chi connectivity index (χ2v) is 5.70. The van der Waals surface area contributed by atoms with Crippen molar-refractivity contribution in [3.63, 3.8) is 0 Å². The highest BCUT2D eigenvalue weighted by Gasteiger charge is 2.27. The van der Waals surface area contributed by atoms with E-state index in [1.54, 1.807) is 0 Å². The average molecular weight is 231 g/mol. The van der Waals surface area contributed by atoms with Crippen LogP contribution in [0.1, 0.15) is 46.0 Å². The SMILES string of the molecule is [CH2]CC(OCCCC)(OCCCC)[SiH2]C. The Morgan fingerprint density at radius 3 is 1.80 bits per heavy atom. The maximum Gasteiger partial charge on any atom is 0.144 e. The zero-order chi connectivity index (χ0) is 11.6. The molecule has 0 spiro atoms. The summed E-state index contributed by atoms with van der Waals surface area (Å²) in [6.07, 6.45) is 5.34. The minimum atomic E-state index is -0.342. The molecule has 0 N–H and O–H groups in total. The van der Waals surface area contributed by atoms with Crippen molar-refractivity contribution in [2.24, 2.45) is 0 Å². The van der Waals surface area contributed by atoms with Crippen LogP contribution < -0.4 is 0 Å². The van der Waals surface area contributed by atoms with Gasteiger partial charge in [0, 0.05) is 13.2 Å². The average Bonchev–Trinajstić information content (AvgIpc) is 2.28. The van der Waals surface area contributed by atoms with Gasteiger partial charge in [0.05, 0.1) is 9.52 Å². The fraction of sp³-hybridized carbons (Fsp3) is 0.917. The fourth-order valence-corrected chi connectivity index (χ4v) is 2.42. The maximum absolute atomic E-state index is 5.89. The molecule has 0 unspecified atom stereocenters. The molecule has 0 aliphatic heterocycles. The Bertz CT molecular complexity index is 124. The predicted molar refractivity (Wildman–Crippen MR) is 68.8 cm³/mol. The summed E-state index contributed by atoms with van der Waals surface area (Å²) in [4.78, 5) is 0. The number of rotatable bonds is 10. The Morgan fingerprint density at radius 1 is 1.07 bits per heavy atom. The first-order chi connectivity index (χ1) is 7.24. The number of hydrogen-bond acceptors (Lipinski definition) is 2. The molecule has 0 bridgehead atoms. The Hall–Kier alpha value is 0.137. The van der Waals surface area contributed by atoms with Crippen LogP contribution in [0.4, 0.5) is 0 Å². The Balaban J connectivity index is 3.93. The van der Waals surface area contributed by atoms with Gasteiger partial charge >= 0.3 is 0 Å². The molecule has 0 atom stereocenters. The van der Waals surface area contributed by atoms with E-state index in [0.29, 0.717) is 0 Å².